The molecule has 2 atom stereocenters. The number of ether oxygens (including phenoxy) is 2. The molecule has 2 heterocycles. The van der Waals surface area contributed by atoms with Gasteiger partial charge in [0.05, 0.1) is 0 Å². The molecule has 0 radical (unpaired) electrons. The highest BCUT2D eigenvalue weighted by Gasteiger charge is 2.25. The van der Waals surface area contributed by atoms with E-state index in [1.54, 1.807) is 0 Å². The van der Waals surface area contributed by atoms with E-state index in [0.29, 0.717) is 25.3 Å². The second-order valence-electron chi connectivity index (χ2n) is 5.55. The van der Waals surface area contributed by atoms with Gasteiger partial charge in [0.25, 0.3) is 0 Å². The molecule has 0 amide bonds. The summed E-state index contributed by atoms with van der Waals surface area (Å²) >= 11 is 0. The van der Waals surface area contributed by atoms with E-state index < -0.39 is 0 Å². The molecule has 2 aliphatic heterocycles. The summed E-state index contributed by atoms with van der Waals surface area (Å²) in [6, 6.07) is 7.38. The second-order valence-corrected chi connectivity index (χ2v) is 5.55. The van der Waals surface area contributed by atoms with Crippen LogP contribution in [0.25, 0.3) is 0 Å². The van der Waals surface area contributed by atoms with Gasteiger partial charge < -0.3 is 19.7 Å². The van der Waals surface area contributed by atoms with Crippen molar-refractivity contribution in [2.75, 3.05) is 33.9 Å². The average molecular weight is 262 g/mol. The van der Waals surface area contributed by atoms with Crippen molar-refractivity contribution in [1.29, 1.82) is 0 Å². The van der Waals surface area contributed by atoms with Gasteiger partial charge in [-0.15, -0.1) is 0 Å². The molecule has 2 unspecified atom stereocenters. The molecule has 4 heteroatoms. The largest absolute Gasteiger partial charge is 0.486 e. The van der Waals surface area contributed by atoms with Crippen LogP contribution in [0.4, 0.5) is 0 Å². The third kappa shape index (κ3) is 2.69. The fourth-order valence-electron chi connectivity index (χ4n) is 2.90. The van der Waals surface area contributed by atoms with E-state index in [1.807, 2.05) is 6.07 Å². The molecular formula is C15H22N2O2. The van der Waals surface area contributed by atoms with Crippen LogP contribution in [0.15, 0.2) is 18.2 Å². The van der Waals surface area contributed by atoms with Gasteiger partial charge >= 0.3 is 0 Å². The Hall–Kier alpha value is -1.26. The Kier molecular flexibility index (Phi) is 3.62. The molecule has 0 aliphatic carbocycles. The van der Waals surface area contributed by atoms with Crippen LogP contribution in [0.1, 0.15) is 24.4 Å². The highest BCUT2D eigenvalue weighted by Crippen LogP contribution is 2.34. The van der Waals surface area contributed by atoms with Crippen LogP contribution in [0, 0.1) is 0 Å². The van der Waals surface area contributed by atoms with Gasteiger partial charge in [-0.3, -0.25) is 0 Å². The standard InChI is InChI=1S/C15H22N2O2/c1-17(2)12-5-6-16-13(10-12)11-3-4-14-15(9-11)19-8-7-18-14/h3-4,9,12-13,16H,5-8,10H2,1-2H3. The molecular weight excluding hydrogens is 240 g/mol. The van der Waals surface area contributed by atoms with E-state index in [-0.39, 0.29) is 0 Å². The minimum Gasteiger partial charge on any atom is -0.486 e. The normalized spacial score (nSPS) is 26.5. The highest BCUT2D eigenvalue weighted by atomic mass is 16.6. The van der Waals surface area contributed by atoms with Crippen molar-refractivity contribution in [3.05, 3.63) is 23.8 Å². The molecule has 2 aliphatic rings. The lowest BCUT2D eigenvalue weighted by molar-refractivity contribution is 0.170. The minimum atomic E-state index is 0.414. The first kappa shape index (κ1) is 12.8. The Bertz CT molecular complexity index is 448. The average Bonchev–Trinajstić information content (AvgIpc) is 2.47. The van der Waals surface area contributed by atoms with Crippen LogP contribution in [0.3, 0.4) is 0 Å². The van der Waals surface area contributed by atoms with Gasteiger partial charge in [0, 0.05) is 12.1 Å². The number of piperidine rings is 1. The minimum absolute atomic E-state index is 0.414. The number of hydrogen-bond donors (Lipinski definition) is 1. The summed E-state index contributed by atoms with van der Waals surface area (Å²) in [7, 11) is 4.33. The van der Waals surface area contributed by atoms with E-state index in [0.717, 1.165) is 24.5 Å². The smallest absolute Gasteiger partial charge is 0.161 e. The molecule has 1 aromatic rings. The summed E-state index contributed by atoms with van der Waals surface area (Å²) in [6.45, 7) is 2.37. The number of nitrogens with zero attached hydrogens (tertiary/aromatic N) is 1. The fourth-order valence-corrected chi connectivity index (χ4v) is 2.90. The third-order valence-corrected chi connectivity index (χ3v) is 4.07. The SMILES string of the molecule is CN(C)C1CCNC(c2ccc3c(c2)OCCO3)C1. The van der Waals surface area contributed by atoms with Crippen LogP contribution < -0.4 is 14.8 Å². The van der Waals surface area contributed by atoms with Crippen LogP contribution >= 0.6 is 0 Å². The van der Waals surface area contributed by atoms with Crippen LogP contribution in [-0.2, 0) is 0 Å². The van der Waals surface area contributed by atoms with Gasteiger partial charge in [-0.2, -0.15) is 0 Å². The molecule has 0 saturated carbocycles. The molecule has 104 valence electrons. The van der Waals surface area contributed by atoms with Crippen LogP contribution in [0.2, 0.25) is 0 Å². The second kappa shape index (κ2) is 5.39. The molecule has 0 spiro atoms. The topological polar surface area (TPSA) is 33.7 Å². The zero-order valence-electron chi connectivity index (χ0n) is 11.7. The monoisotopic (exact) mass is 262 g/mol. The Morgan fingerprint density at radius 2 is 1.95 bits per heavy atom. The highest BCUT2D eigenvalue weighted by molar-refractivity contribution is 5.44. The van der Waals surface area contributed by atoms with Gasteiger partial charge in [0.2, 0.25) is 0 Å². The Labute approximate surface area is 114 Å². The lowest BCUT2D eigenvalue weighted by atomic mass is 9.93. The Morgan fingerprint density at radius 1 is 1.16 bits per heavy atom. The van der Waals surface area contributed by atoms with Gasteiger partial charge in [0.15, 0.2) is 11.5 Å². The van der Waals surface area contributed by atoms with E-state index >= 15 is 0 Å². The predicted octanol–water partition coefficient (Wildman–Crippen LogP) is 1.81. The Balaban J connectivity index is 1.78. The molecule has 0 aromatic heterocycles. The first-order valence-electron chi connectivity index (χ1n) is 7.03. The predicted molar refractivity (Wildman–Crippen MR) is 74.9 cm³/mol. The van der Waals surface area contributed by atoms with Crippen LogP contribution in [-0.4, -0.2) is 44.8 Å². The lowest BCUT2D eigenvalue weighted by Crippen LogP contribution is -2.41. The van der Waals surface area contributed by atoms with Crippen molar-refractivity contribution < 1.29 is 9.47 Å². The molecule has 1 aromatic carbocycles. The molecule has 0 bridgehead atoms. The van der Waals surface area contributed by atoms with E-state index in [9.17, 15) is 0 Å². The number of benzene rings is 1. The van der Waals surface area contributed by atoms with Crippen LogP contribution in [0.5, 0.6) is 11.5 Å². The van der Waals surface area contributed by atoms with Crippen molar-refractivity contribution in [1.82, 2.24) is 10.2 Å². The summed E-state index contributed by atoms with van der Waals surface area (Å²) in [4.78, 5) is 2.33. The van der Waals surface area contributed by atoms with Crippen molar-refractivity contribution in [3.8, 4) is 11.5 Å². The number of hydrogen-bond acceptors (Lipinski definition) is 4. The van der Waals surface area contributed by atoms with E-state index in [1.165, 1.54) is 12.0 Å². The summed E-state index contributed by atoms with van der Waals surface area (Å²) in [5, 5.41) is 3.60. The third-order valence-electron chi connectivity index (χ3n) is 4.07. The summed E-state index contributed by atoms with van der Waals surface area (Å²) in [6.07, 6.45) is 2.36. The zero-order valence-corrected chi connectivity index (χ0v) is 11.7. The first-order chi connectivity index (χ1) is 9.24. The van der Waals surface area contributed by atoms with Crippen molar-refractivity contribution in [2.24, 2.45) is 0 Å². The van der Waals surface area contributed by atoms with E-state index in [4.69, 9.17) is 9.47 Å². The van der Waals surface area contributed by atoms with Crippen molar-refractivity contribution in [2.45, 2.75) is 24.9 Å². The zero-order chi connectivity index (χ0) is 13.2. The van der Waals surface area contributed by atoms with Crippen molar-refractivity contribution in [3.63, 3.8) is 0 Å². The van der Waals surface area contributed by atoms with Gasteiger partial charge in [-0.05, 0) is 51.2 Å². The summed E-state index contributed by atoms with van der Waals surface area (Å²) in [5.41, 5.74) is 1.30. The van der Waals surface area contributed by atoms with Gasteiger partial charge in [-0.1, -0.05) is 6.07 Å². The van der Waals surface area contributed by atoms with E-state index in [2.05, 4.69) is 36.4 Å². The summed E-state index contributed by atoms with van der Waals surface area (Å²) < 4.78 is 11.2. The molecule has 1 saturated heterocycles. The maximum atomic E-state index is 5.67. The quantitative estimate of drug-likeness (QED) is 0.881. The maximum Gasteiger partial charge on any atom is 0.161 e. The van der Waals surface area contributed by atoms with Gasteiger partial charge in [-0.25, -0.2) is 0 Å². The fraction of sp³-hybridized carbons (Fsp3) is 0.600. The first-order valence-corrected chi connectivity index (χ1v) is 7.03. The number of fused-ring (bicyclic) bond motifs is 1. The molecule has 3 rings (SSSR count). The Morgan fingerprint density at radius 3 is 2.74 bits per heavy atom. The maximum absolute atomic E-state index is 5.67. The number of nitrogens with one attached hydrogen (secondary N) is 1. The number of rotatable bonds is 2. The summed E-state index contributed by atoms with van der Waals surface area (Å²) in [5.74, 6) is 1.76. The lowest BCUT2D eigenvalue weighted by Gasteiger charge is -2.34. The molecule has 1 fully saturated rings. The van der Waals surface area contributed by atoms with Crippen molar-refractivity contribution >= 4 is 0 Å². The van der Waals surface area contributed by atoms with Gasteiger partial charge in [0.1, 0.15) is 13.2 Å². The molecule has 4 nitrogen and oxygen atoms in total. The molecule has 1 N–H and O–H groups in total. The molecule has 19 heavy (non-hydrogen) atoms.